The molecule has 1 amide bonds. The fraction of sp³-hybridized carbons (Fsp3) is 0.444. The SMILES string of the molecule is CN(c1cnc2c(c1)nc(C(COCC[Si](C)(C)C)c1ccc(OC(F)(F)F)cc1)n2C)c1ccnc(Nc2cnn(CCNC(=O)OC(C)(C)C)c2)n1. The zero-order valence-corrected chi connectivity index (χ0v) is 32.7. The number of alkyl carbamates (subject to hydrolysis) is 1. The third-order valence-corrected chi connectivity index (χ3v) is 9.81. The van der Waals surface area contributed by atoms with Gasteiger partial charge in [-0.15, -0.1) is 13.2 Å². The van der Waals surface area contributed by atoms with Crippen LogP contribution in [-0.2, 0) is 23.1 Å². The Hall–Kier alpha value is -5.23. The quantitative estimate of drug-likeness (QED) is 0.0813. The van der Waals surface area contributed by atoms with Gasteiger partial charge in [0.1, 0.15) is 28.5 Å². The number of imidazole rings is 1. The largest absolute Gasteiger partial charge is 0.573 e. The van der Waals surface area contributed by atoms with Gasteiger partial charge < -0.3 is 34.3 Å². The maximum Gasteiger partial charge on any atom is 0.573 e. The summed E-state index contributed by atoms with van der Waals surface area (Å²) in [4.78, 5) is 32.5. The molecule has 54 heavy (non-hydrogen) atoms. The number of benzene rings is 1. The number of fused-ring (bicyclic) bond motifs is 1. The monoisotopic (exact) mass is 768 g/mol. The lowest BCUT2D eigenvalue weighted by molar-refractivity contribution is -0.274. The Morgan fingerprint density at radius 3 is 2.46 bits per heavy atom. The standard InChI is InChI=1S/C36H47F3N10O4Si/c1-35(2,3)53-34(50)41-15-16-49-22-25(20-43-49)44-33-40-14-13-30(46-33)47(4)26-19-29-32(42-21-26)48(5)31(45-29)28(23-51-17-18-54(6,7)8)24-9-11-27(12-10-24)52-36(37,38)39/h9-14,19-22,28H,15-18,23H2,1-8H3,(H,41,50)(H,40,44,46). The minimum absolute atomic E-state index is 0.284. The van der Waals surface area contributed by atoms with E-state index in [2.05, 4.69) is 50.1 Å². The molecule has 0 bridgehead atoms. The lowest BCUT2D eigenvalue weighted by Gasteiger charge is -2.20. The normalized spacial score (nSPS) is 12.8. The van der Waals surface area contributed by atoms with E-state index in [1.807, 2.05) is 29.6 Å². The van der Waals surface area contributed by atoms with Gasteiger partial charge in [-0.25, -0.2) is 19.7 Å². The lowest BCUT2D eigenvalue weighted by atomic mass is 9.99. The highest BCUT2D eigenvalue weighted by atomic mass is 28.3. The van der Waals surface area contributed by atoms with Gasteiger partial charge in [-0.2, -0.15) is 10.1 Å². The molecule has 1 atom stereocenters. The van der Waals surface area contributed by atoms with Crippen molar-refractivity contribution in [1.29, 1.82) is 0 Å². The molecule has 290 valence electrons. The third kappa shape index (κ3) is 11.4. The minimum atomic E-state index is -4.78. The Kier molecular flexibility index (Phi) is 12.2. The van der Waals surface area contributed by atoms with Gasteiger partial charge in [0.25, 0.3) is 0 Å². The third-order valence-electron chi connectivity index (χ3n) is 8.11. The highest BCUT2D eigenvalue weighted by Gasteiger charge is 2.31. The molecule has 0 spiro atoms. The molecule has 14 nitrogen and oxygen atoms in total. The smallest absolute Gasteiger partial charge is 0.444 e. The fourth-order valence-corrected chi connectivity index (χ4v) is 6.13. The van der Waals surface area contributed by atoms with E-state index in [4.69, 9.17) is 19.4 Å². The number of carbonyl (C=O) groups is 1. The van der Waals surface area contributed by atoms with Gasteiger partial charge in [-0.3, -0.25) is 4.68 Å². The average Bonchev–Trinajstić information content (AvgIpc) is 3.66. The second kappa shape index (κ2) is 16.4. The molecule has 1 unspecified atom stereocenters. The maximum atomic E-state index is 12.8. The number of alkyl halides is 3. The van der Waals surface area contributed by atoms with Crippen LogP contribution in [0.1, 0.15) is 38.1 Å². The summed E-state index contributed by atoms with van der Waals surface area (Å²) in [7, 11) is 2.36. The first kappa shape index (κ1) is 40.0. The number of pyridine rings is 1. The zero-order valence-electron chi connectivity index (χ0n) is 31.7. The first-order valence-electron chi connectivity index (χ1n) is 17.4. The molecule has 0 saturated heterocycles. The van der Waals surface area contributed by atoms with E-state index in [0.717, 1.165) is 17.3 Å². The van der Waals surface area contributed by atoms with E-state index in [1.165, 1.54) is 12.1 Å². The highest BCUT2D eigenvalue weighted by molar-refractivity contribution is 6.76. The number of hydrogen-bond acceptors (Lipinski definition) is 11. The number of ether oxygens (including phenoxy) is 3. The van der Waals surface area contributed by atoms with E-state index in [9.17, 15) is 18.0 Å². The number of nitrogens with one attached hydrogen (secondary N) is 2. The molecule has 0 radical (unpaired) electrons. The maximum absolute atomic E-state index is 12.8. The predicted molar refractivity (Wildman–Crippen MR) is 202 cm³/mol. The summed E-state index contributed by atoms with van der Waals surface area (Å²) in [6, 6.07) is 10.5. The molecular weight excluding hydrogens is 722 g/mol. The van der Waals surface area contributed by atoms with E-state index in [-0.39, 0.29) is 18.3 Å². The Bertz CT molecular complexity index is 2020. The van der Waals surface area contributed by atoms with Crippen LogP contribution < -0.4 is 20.3 Å². The van der Waals surface area contributed by atoms with Crippen molar-refractivity contribution in [2.45, 2.75) is 70.9 Å². The molecule has 5 rings (SSSR count). The fourth-order valence-electron chi connectivity index (χ4n) is 5.37. The molecule has 4 aromatic heterocycles. The number of nitrogens with zero attached hydrogens (tertiary/aromatic N) is 8. The van der Waals surface area contributed by atoms with Crippen molar-refractivity contribution < 1.29 is 32.2 Å². The van der Waals surface area contributed by atoms with Crippen LogP contribution in [0, 0.1) is 0 Å². The molecule has 0 aliphatic rings. The van der Waals surface area contributed by atoms with Crippen molar-refractivity contribution in [2.24, 2.45) is 7.05 Å². The molecule has 4 heterocycles. The van der Waals surface area contributed by atoms with Crippen LogP contribution in [0.25, 0.3) is 11.2 Å². The zero-order chi connectivity index (χ0) is 39.3. The molecule has 1 aromatic carbocycles. The van der Waals surface area contributed by atoms with Gasteiger partial charge in [0.05, 0.1) is 42.8 Å². The van der Waals surface area contributed by atoms with E-state index in [0.29, 0.717) is 54.1 Å². The molecule has 0 aliphatic carbocycles. The number of aromatic nitrogens is 7. The number of rotatable bonds is 15. The Morgan fingerprint density at radius 2 is 1.78 bits per heavy atom. The van der Waals surface area contributed by atoms with Crippen molar-refractivity contribution in [3.05, 3.63) is 72.6 Å². The number of amides is 1. The highest BCUT2D eigenvalue weighted by Crippen LogP contribution is 2.32. The number of aryl methyl sites for hydroxylation is 1. The number of hydrogen-bond donors (Lipinski definition) is 2. The molecule has 0 saturated carbocycles. The van der Waals surface area contributed by atoms with E-state index in [1.54, 1.807) is 68.4 Å². The van der Waals surface area contributed by atoms with Gasteiger partial charge in [0, 0.05) is 47.7 Å². The Balaban J connectivity index is 1.31. The summed E-state index contributed by atoms with van der Waals surface area (Å²) in [5.74, 6) is 0.918. The van der Waals surface area contributed by atoms with Crippen LogP contribution in [-0.4, -0.2) is 87.2 Å². The van der Waals surface area contributed by atoms with Crippen LogP contribution in [0.2, 0.25) is 25.7 Å². The summed E-state index contributed by atoms with van der Waals surface area (Å²) in [5, 5.41) is 10.2. The Morgan fingerprint density at radius 1 is 1.04 bits per heavy atom. The summed E-state index contributed by atoms with van der Waals surface area (Å²) < 4.78 is 57.6. The molecule has 18 heteroatoms. The Labute approximate surface area is 313 Å². The van der Waals surface area contributed by atoms with Gasteiger partial charge in [-0.1, -0.05) is 31.8 Å². The van der Waals surface area contributed by atoms with Crippen molar-refractivity contribution in [3.8, 4) is 5.75 Å². The van der Waals surface area contributed by atoms with E-state index >= 15 is 0 Å². The second-order valence-electron chi connectivity index (χ2n) is 15.0. The van der Waals surface area contributed by atoms with Crippen LogP contribution in [0.5, 0.6) is 5.75 Å². The lowest BCUT2D eigenvalue weighted by Crippen LogP contribution is -2.34. The summed E-state index contributed by atoms with van der Waals surface area (Å²) >= 11 is 0. The topological polar surface area (TPSA) is 146 Å². The summed E-state index contributed by atoms with van der Waals surface area (Å²) in [6.07, 6.45) is 1.50. The molecule has 2 N–H and O–H groups in total. The van der Waals surface area contributed by atoms with Crippen molar-refractivity contribution in [3.63, 3.8) is 0 Å². The molecule has 0 aliphatic heterocycles. The molecule has 5 aromatic rings. The minimum Gasteiger partial charge on any atom is -0.444 e. The van der Waals surface area contributed by atoms with Crippen molar-refractivity contribution in [2.75, 3.05) is 37.0 Å². The number of carbonyl (C=O) groups excluding carboxylic acids is 1. The van der Waals surface area contributed by atoms with Crippen molar-refractivity contribution in [1.82, 2.24) is 39.6 Å². The molecular formula is C36H47F3N10O4Si. The van der Waals surface area contributed by atoms with Crippen LogP contribution >= 0.6 is 0 Å². The molecule has 0 fully saturated rings. The first-order chi connectivity index (χ1) is 25.3. The second-order valence-corrected chi connectivity index (χ2v) is 20.6. The van der Waals surface area contributed by atoms with Crippen molar-refractivity contribution >= 4 is 48.5 Å². The number of halogens is 3. The van der Waals surface area contributed by atoms with Gasteiger partial charge in [0.15, 0.2) is 5.65 Å². The van der Waals surface area contributed by atoms with Crippen LogP contribution in [0.4, 0.5) is 41.1 Å². The average molecular weight is 769 g/mol. The van der Waals surface area contributed by atoms with Crippen LogP contribution in [0.3, 0.4) is 0 Å². The predicted octanol–water partition coefficient (Wildman–Crippen LogP) is 7.38. The van der Waals surface area contributed by atoms with E-state index < -0.39 is 26.1 Å². The first-order valence-corrected chi connectivity index (χ1v) is 21.1. The van der Waals surface area contributed by atoms with Gasteiger partial charge in [0.2, 0.25) is 5.95 Å². The number of anilines is 4. The summed E-state index contributed by atoms with van der Waals surface area (Å²) in [6.45, 7) is 13.8. The van der Waals surface area contributed by atoms with Crippen LogP contribution in [0.15, 0.2) is 61.2 Å². The summed E-state index contributed by atoms with van der Waals surface area (Å²) in [5.41, 5.74) is 2.80. The van der Waals surface area contributed by atoms with Gasteiger partial charge >= 0.3 is 12.5 Å². The van der Waals surface area contributed by atoms with Gasteiger partial charge in [-0.05, 0) is 56.6 Å².